The molecule has 0 aromatic heterocycles. The normalized spacial score (nSPS) is 35.9. The van der Waals surface area contributed by atoms with Crippen molar-refractivity contribution in [3.05, 3.63) is 42.0 Å². The molecule has 1 aromatic carbocycles. The summed E-state index contributed by atoms with van der Waals surface area (Å²) in [5.74, 6) is -0.971. The molecule has 5 aliphatic rings. The summed E-state index contributed by atoms with van der Waals surface area (Å²) in [5.41, 5.74) is 0.818. The van der Waals surface area contributed by atoms with Gasteiger partial charge in [0.1, 0.15) is 11.6 Å². The predicted molar refractivity (Wildman–Crippen MR) is 150 cm³/mol. The van der Waals surface area contributed by atoms with E-state index >= 15 is 0 Å². The summed E-state index contributed by atoms with van der Waals surface area (Å²) in [4.78, 5) is 44.0. The fraction of sp³-hybridized carbons (Fsp3) is 0.656. The zero-order chi connectivity index (χ0) is 27.3. The van der Waals surface area contributed by atoms with Gasteiger partial charge in [0.2, 0.25) is 17.7 Å². The lowest BCUT2D eigenvalue weighted by Gasteiger charge is -2.40. The average molecular weight is 534 g/mol. The molecule has 2 saturated carbocycles. The Hall–Kier alpha value is -2.67. The van der Waals surface area contributed by atoms with Crippen LogP contribution in [-0.2, 0) is 19.1 Å². The Labute approximate surface area is 232 Å². The van der Waals surface area contributed by atoms with E-state index in [9.17, 15) is 14.4 Å². The Morgan fingerprint density at radius 3 is 2.36 bits per heavy atom. The summed E-state index contributed by atoms with van der Waals surface area (Å²) >= 11 is 0. The summed E-state index contributed by atoms with van der Waals surface area (Å²) in [5, 5.41) is 6.39. The number of nitrogens with one attached hydrogen (secondary N) is 2. The maximum atomic E-state index is 14.3. The van der Waals surface area contributed by atoms with Gasteiger partial charge < -0.3 is 20.3 Å². The van der Waals surface area contributed by atoms with Crippen molar-refractivity contribution < 1.29 is 19.1 Å². The zero-order valence-corrected chi connectivity index (χ0v) is 23.5. The second-order valence-corrected chi connectivity index (χ2v) is 12.9. The molecule has 1 spiro atoms. The van der Waals surface area contributed by atoms with Gasteiger partial charge in [0.15, 0.2) is 0 Å². The first-order valence-electron chi connectivity index (χ1n) is 15.2. The standard InChI is InChI=1S/C32H43N3O4/c1-19(2)21-13-15-22(16-14-21)33-29(36)26-25-17-18-32(39-25)27(26)31(38)35(23-10-5-4-6-11-23)28(32)30(37)34-24-12-8-7-9-20(24)3/h13-20,23-28H,4-12H2,1-3H3,(H,33,36)(H,34,37). The minimum absolute atomic E-state index is 0.00842. The number of hydrogen-bond acceptors (Lipinski definition) is 4. The highest BCUT2D eigenvalue weighted by molar-refractivity contribution is 6.03. The molecule has 7 nitrogen and oxygen atoms in total. The minimum atomic E-state index is -1.09. The van der Waals surface area contributed by atoms with Gasteiger partial charge in [-0.25, -0.2) is 0 Å². The largest absolute Gasteiger partial charge is 0.359 e. The molecule has 6 rings (SSSR count). The van der Waals surface area contributed by atoms with E-state index in [1.165, 1.54) is 12.0 Å². The molecule has 2 N–H and O–H groups in total. The molecule has 39 heavy (non-hydrogen) atoms. The predicted octanol–water partition coefficient (Wildman–Crippen LogP) is 4.93. The quantitative estimate of drug-likeness (QED) is 0.508. The molecule has 4 fully saturated rings. The Balaban J connectivity index is 1.29. The zero-order valence-electron chi connectivity index (χ0n) is 23.5. The highest BCUT2D eigenvalue weighted by Gasteiger charge is 2.73. The average Bonchev–Trinajstić information content (AvgIpc) is 3.58. The molecular weight excluding hydrogens is 490 g/mol. The maximum Gasteiger partial charge on any atom is 0.246 e. The van der Waals surface area contributed by atoms with Crippen molar-refractivity contribution in [2.75, 3.05) is 5.32 Å². The van der Waals surface area contributed by atoms with Crippen molar-refractivity contribution in [2.45, 2.75) is 114 Å². The van der Waals surface area contributed by atoms with Gasteiger partial charge in [-0.2, -0.15) is 0 Å². The van der Waals surface area contributed by atoms with Crippen LogP contribution in [-0.4, -0.2) is 52.5 Å². The molecule has 1 aromatic rings. The first-order valence-corrected chi connectivity index (χ1v) is 15.2. The smallest absolute Gasteiger partial charge is 0.246 e. The third-order valence-electron chi connectivity index (χ3n) is 10.1. The fourth-order valence-electron chi connectivity index (χ4n) is 7.93. The van der Waals surface area contributed by atoms with Crippen LogP contribution < -0.4 is 10.6 Å². The molecule has 7 heteroatoms. The Morgan fingerprint density at radius 2 is 1.67 bits per heavy atom. The van der Waals surface area contributed by atoms with Crippen LogP contribution in [0.3, 0.4) is 0 Å². The highest BCUT2D eigenvalue weighted by Crippen LogP contribution is 2.56. The number of nitrogens with zero attached hydrogens (tertiary/aromatic N) is 1. The van der Waals surface area contributed by atoms with Gasteiger partial charge in [-0.05, 0) is 55.2 Å². The minimum Gasteiger partial charge on any atom is -0.359 e. The number of benzene rings is 1. The van der Waals surface area contributed by atoms with E-state index in [0.29, 0.717) is 17.5 Å². The number of rotatable bonds is 6. The monoisotopic (exact) mass is 533 g/mol. The molecule has 7 atom stereocenters. The molecule has 3 amide bonds. The number of likely N-dealkylation sites (tertiary alicyclic amines) is 1. The second-order valence-electron chi connectivity index (χ2n) is 12.9. The molecule has 2 saturated heterocycles. The van der Waals surface area contributed by atoms with E-state index in [-0.39, 0.29) is 29.8 Å². The number of anilines is 1. The molecule has 210 valence electrons. The number of fused-ring (bicyclic) bond motifs is 1. The fourth-order valence-corrected chi connectivity index (χ4v) is 7.93. The van der Waals surface area contributed by atoms with Gasteiger partial charge >= 0.3 is 0 Å². The SMILES string of the molecule is CC(C)c1ccc(NC(=O)C2C3C=CC4(O3)C2C(=O)N(C2CCCCC2)C4C(=O)NC2CCCCC2C)cc1. The molecule has 3 heterocycles. The summed E-state index contributed by atoms with van der Waals surface area (Å²) in [6.45, 7) is 6.48. The summed E-state index contributed by atoms with van der Waals surface area (Å²) < 4.78 is 6.55. The van der Waals surface area contributed by atoms with Gasteiger partial charge in [-0.15, -0.1) is 0 Å². The van der Waals surface area contributed by atoms with E-state index in [1.54, 1.807) is 0 Å². The number of amides is 3. The van der Waals surface area contributed by atoms with E-state index in [2.05, 4.69) is 31.4 Å². The summed E-state index contributed by atoms with van der Waals surface area (Å²) in [6, 6.07) is 7.26. The van der Waals surface area contributed by atoms with E-state index < -0.39 is 29.6 Å². The third kappa shape index (κ3) is 4.51. The lowest BCUT2D eigenvalue weighted by atomic mass is 9.74. The van der Waals surface area contributed by atoms with Crippen molar-refractivity contribution in [1.29, 1.82) is 0 Å². The van der Waals surface area contributed by atoms with Crippen LogP contribution >= 0.6 is 0 Å². The van der Waals surface area contributed by atoms with Crippen molar-refractivity contribution in [2.24, 2.45) is 17.8 Å². The maximum absolute atomic E-state index is 14.3. The van der Waals surface area contributed by atoms with Crippen LogP contribution in [0.2, 0.25) is 0 Å². The van der Waals surface area contributed by atoms with Crippen LogP contribution in [0.1, 0.15) is 90.0 Å². The van der Waals surface area contributed by atoms with Gasteiger partial charge in [0.05, 0.1) is 17.9 Å². The van der Waals surface area contributed by atoms with E-state index in [4.69, 9.17) is 4.74 Å². The lowest BCUT2D eigenvalue weighted by molar-refractivity contribution is -0.145. The Kier molecular flexibility index (Phi) is 7.07. The van der Waals surface area contributed by atoms with Crippen molar-refractivity contribution in [1.82, 2.24) is 10.2 Å². The first kappa shape index (κ1) is 26.5. The summed E-state index contributed by atoms with van der Waals surface area (Å²) in [6.07, 6.45) is 12.7. The Morgan fingerprint density at radius 1 is 0.974 bits per heavy atom. The number of hydrogen-bond donors (Lipinski definition) is 2. The summed E-state index contributed by atoms with van der Waals surface area (Å²) in [7, 11) is 0. The van der Waals surface area contributed by atoms with E-state index in [0.717, 1.165) is 51.4 Å². The van der Waals surface area contributed by atoms with Crippen molar-refractivity contribution in [3.8, 4) is 0 Å². The molecule has 0 radical (unpaired) electrons. The van der Waals surface area contributed by atoms with Gasteiger partial charge in [-0.1, -0.05) is 77.2 Å². The van der Waals surface area contributed by atoms with Crippen LogP contribution in [0.15, 0.2) is 36.4 Å². The van der Waals surface area contributed by atoms with Crippen LogP contribution in [0, 0.1) is 17.8 Å². The molecule has 7 unspecified atom stereocenters. The van der Waals surface area contributed by atoms with Gasteiger partial charge in [0, 0.05) is 17.8 Å². The lowest BCUT2D eigenvalue weighted by Crippen LogP contribution is -2.59. The Bertz CT molecular complexity index is 1140. The molecule has 2 aliphatic carbocycles. The number of ether oxygens (including phenoxy) is 1. The van der Waals surface area contributed by atoms with Gasteiger partial charge in [0.25, 0.3) is 0 Å². The van der Waals surface area contributed by atoms with Crippen LogP contribution in [0.5, 0.6) is 0 Å². The van der Waals surface area contributed by atoms with Crippen LogP contribution in [0.25, 0.3) is 0 Å². The van der Waals surface area contributed by atoms with Gasteiger partial charge in [-0.3, -0.25) is 14.4 Å². The molecular formula is C32H43N3O4. The van der Waals surface area contributed by atoms with Crippen molar-refractivity contribution >= 4 is 23.4 Å². The number of carbonyl (C=O) groups is 3. The number of carbonyl (C=O) groups excluding carboxylic acids is 3. The molecule has 3 aliphatic heterocycles. The first-order chi connectivity index (χ1) is 18.8. The topological polar surface area (TPSA) is 87.7 Å². The van der Waals surface area contributed by atoms with Crippen molar-refractivity contribution in [3.63, 3.8) is 0 Å². The molecule has 2 bridgehead atoms. The highest BCUT2D eigenvalue weighted by atomic mass is 16.5. The third-order valence-corrected chi connectivity index (χ3v) is 10.1. The van der Waals surface area contributed by atoms with Crippen LogP contribution in [0.4, 0.5) is 5.69 Å². The van der Waals surface area contributed by atoms with E-state index in [1.807, 2.05) is 41.3 Å². The second kappa shape index (κ2) is 10.4.